The van der Waals surface area contributed by atoms with Gasteiger partial charge >= 0.3 is 12.2 Å². The molecule has 9 heteroatoms. The van der Waals surface area contributed by atoms with Gasteiger partial charge < -0.3 is 10.6 Å². The van der Waals surface area contributed by atoms with E-state index in [1.54, 1.807) is 17.1 Å². The maximum absolute atomic E-state index is 12.6. The topological polar surface area (TPSA) is 59.0 Å². The molecule has 1 heterocycles. The highest BCUT2D eigenvalue weighted by molar-refractivity contribution is 9.10. The van der Waals surface area contributed by atoms with Gasteiger partial charge in [0.1, 0.15) is 0 Å². The van der Waals surface area contributed by atoms with Crippen LogP contribution in [-0.4, -0.2) is 22.4 Å². The molecule has 0 aliphatic heterocycles. The predicted molar refractivity (Wildman–Crippen MR) is 78.4 cm³/mol. The molecule has 2 rings (SSSR count). The molecule has 0 spiro atoms. The molecule has 0 aliphatic carbocycles. The van der Waals surface area contributed by atoms with Crippen molar-refractivity contribution in [2.45, 2.75) is 12.7 Å². The first-order valence-corrected chi connectivity index (χ1v) is 7.04. The van der Waals surface area contributed by atoms with Crippen molar-refractivity contribution in [3.05, 3.63) is 46.7 Å². The number of rotatable bonds is 4. The van der Waals surface area contributed by atoms with Gasteiger partial charge in [-0.15, -0.1) is 0 Å². The lowest BCUT2D eigenvalue weighted by Gasteiger charge is -2.10. The molecular formula is C13H12BrF3N4O. The number of urea groups is 1. The average Bonchev–Trinajstić information content (AvgIpc) is 2.84. The van der Waals surface area contributed by atoms with Crippen molar-refractivity contribution < 1.29 is 18.0 Å². The molecule has 2 aromatic rings. The number of amides is 2. The van der Waals surface area contributed by atoms with E-state index < -0.39 is 17.8 Å². The van der Waals surface area contributed by atoms with Crippen molar-refractivity contribution in [3.63, 3.8) is 0 Å². The van der Waals surface area contributed by atoms with Crippen LogP contribution in [0.4, 0.5) is 23.7 Å². The number of benzene rings is 1. The lowest BCUT2D eigenvalue weighted by Crippen LogP contribution is -2.31. The monoisotopic (exact) mass is 376 g/mol. The average molecular weight is 377 g/mol. The molecule has 0 saturated heterocycles. The van der Waals surface area contributed by atoms with Crippen LogP contribution in [0.3, 0.4) is 0 Å². The number of nitrogens with one attached hydrogen (secondary N) is 2. The van der Waals surface area contributed by atoms with E-state index in [9.17, 15) is 18.0 Å². The fraction of sp³-hybridized carbons (Fsp3) is 0.231. The molecule has 118 valence electrons. The lowest BCUT2D eigenvalue weighted by atomic mass is 10.2. The third-order valence-corrected chi connectivity index (χ3v) is 3.09. The van der Waals surface area contributed by atoms with Gasteiger partial charge in [0.2, 0.25) is 0 Å². The molecule has 5 nitrogen and oxygen atoms in total. The Morgan fingerprint density at radius 1 is 1.36 bits per heavy atom. The van der Waals surface area contributed by atoms with Gasteiger partial charge in [0.05, 0.1) is 22.8 Å². The highest BCUT2D eigenvalue weighted by Gasteiger charge is 2.30. The largest absolute Gasteiger partial charge is 0.416 e. The van der Waals surface area contributed by atoms with E-state index in [1.807, 2.05) is 0 Å². The minimum atomic E-state index is -4.44. The second-order valence-electron chi connectivity index (χ2n) is 4.38. The molecule has 0 bridgehead atoms. The highest BCUT2D eigenvalue weighted by Crippen LogP contribution is 2.30. The third kappa shape index (κ3) is 4.76. The summed E-state index contributed by atoms with van der Waals surface area (Å²) in [6.45, 7) is 0.737. The van der Waals surface area contributed by atoms with Crippen LogP contribution in [0, 0.1) is 0 Å². The van der Waals surface area contributed by atoms with Gasteiger partial charge in [-0.2, -0.15) is 18.3 Å². The van der Waals surface area contributed by atoms with E-state index in [0.29, 0.717) is 13.1 Å². The standard InChI is InChI=1S/C13H12BrF3N4O/c14-10-7-19-21(8-10)5-4-18-12(22)20-11-3-1-2-9(6-11)13(15,16)17/h1-3,6-8H,4-5H2,(H2,18,20,22). The molecule has 1 aromatic carbocycles. The summed E-state index contributed by atoms with van der Waals surface area (Å²) in [5.74, 6) is 0. The van der Waals surface area contributed by atoms with Gasteiger partial charge in [-0.3, -0.25) is 4.68 Å². The van der Waals surface area contributed by atoms with E-state index in [4.69, 9.17) is 0 Å². The fourth-order valence-corrected chi connectivity index (χ4v) is 2.02. The first kappa shape index (κ1) is 16.3. The van der Waals surface area contributed by atoms with Crippen molar-refractivity contribution >= 4 is 27.6 Å². The summed E-state index contributed by atoms with van der Waals surface area (Å²) in [6.07, 6.45) is -1.09. The minimum absolute atomic E-state index is 0.0779. The number of hydrogen-bond donors (Lipinski definition) is 2. The molecule has 0 radical (unpaired) electrons. The van der Waals surface area contributed by atoms with E-state index >= 15 is 0 Å². The summed E-state index contributed by atoms with van der Waals surface area (Å²) in [7, 11) is 0. The van der Waals surface area contributed by atoms with Crippen molar-refractivity contribution in [2.24, 2.45) is 0 Å². The zero-order valence-corrected chi connectivity index (χ0v) is 12.8. The number of hydrogen-bond acceptors (Lipinski definition) is 2. The Kier molecular flexibility index (Phi) is 5.07. The molecule has 2 amide bonds. The quantitative estimate of drug-likeness (QED) is 0.857. The van der Waals surface area contributed by atoms with Crippen LogP contribution in [0.25, 0.3) is 0 Å². The second kappa shape index (κ2) is 6.82. The summed E-state index contributed by atoms with van der Waals surface area (Å²) in [5.41, 5.74) is -0.735. The molecular weight excluding hydrogens is 365 g/mol. The molecule has 0 aliphatic rings. The Balaban J connectivity index is 1.84. The molecule has 0 saturated carbocycles. The number of carbonyl (C=O) groups is 1. The predicted octanol–water partition coefficient (Wildman–Crippen LogP) is 3.49. The zero-order valence-electron chi connectivity index (χ0n) is 11.2. The molecule has 0 unspecified atom stereocenters. The van der Waals surface area contributed by atoms with Crippen LogP contribution >= 0.6 is 15.9 Å². The summed E-state index contributed by atoms with van der Waals surface area (Å²) in [5, 5.41) is 8.90. The highest BCUT2D eigenvalue weighted by atomic mass is 79.9. The van der Waals surface area contributed by atoms with E-state index in [-0.39, 0.29) is 5.69 Å². The Hall–Kier alpha value is -2.03. The zero-order chi connectivity index (χ0) is 16.2. The number of alkyl halides is 3. The van der Waals surface area contributed by atoms with Crippen LogP contribution in [0.2, 0.25) is 0 Å². The lowest BCUT2D eigenvalue weighted by molar-refractivity contribution is -0.137. The van der Waals surface area contributed by atoms with Crippen LogP contribution < -0.4 is 10.6 Å². The van der Waals surface area contributed by atoms with Crippen molar-refractivity contribution in [3.8, 4) is 0 Å². The van der Waals surface area contributed by atoms with Gasteiger partial charge in [0.15, 0.2) is 0 Å². The second-order valence-corrected chi connectivity index (χ2v) is 5.30. The van der Waals surface area contributed by atoms with Crippen molar-refractivity contribution in [1.29, 1.82) is 0 Å². The number of aromatic nitrogens is 2. The number of nitrogens with zero attached hydrogens (tertiary/aromatic N) is 2. The van der Waals surface area contributed by atoms with Gasteiger partial charge in [0, 0.05) is 18.4 Å². The Morgan fingerprint density at radius 2 is 2.14 bits per heavy atom. The molecule has 0 atom stereocenters. The SMILES string of the molecule is O=C(NCCn1cc(Br)cn1)Nc1cccc(C(F)(F)F)c1. The molecule has 1 aromatic heterocycles. The van der Waals surface area contributed by atoms with Crippen LogP contribution in [0.5, 0.6) is 0 Å². The molecule has 2 N–H and O–H groups in total. The number of carbonyl (C=O) groups excluding carboxylic acids is 1. The third-order valence-electron chi connectivity index (χ3n) is 2.68. The summed E-state index contributed by atoms with van der Waals surface area (Å²) >= 11 is 3.25. The van der Waals surface area contributed by atoms with Crippen LogP contribution in [0.1, 0.15) is 5.56 Å². The fourth-order valence-electron chi connectivity index (χ4n) is 1.69. The summed E-state index contributed by atoms with van der Waals surface area (Å²) in [4.78, 5) is 11.6. The Labute approximate surface area is 132 Å². The van der Waals surface area contributed by atoms with E-state index in [2.05, 4.69) is 31.7 Å². The van der Waals surface area contributed by atoms with Crippen LogP contribution in [0.15, 0.2) is 41.1 Å². The normalized spacial score (nSPS) is 11.3. The van der Waals surface area contributed by atoms with E-state index in [0.717, 1.165) is 16.6 Å². The number of anilines is 1. The van der Waals surface area contributed by atoms with Gasteiger partial charge in [-0.25, -0.2) is 4.79 Å². The van der Waals surface area contributed by atoms with Gasteiger partial charge in [0.25, 0.3) is 0 Å². The summed E-state index contributed by atoms with van der Waals surface area (Å²) < 4.78 is 40.1. The maximum atomic E-state index is 12.6. The maximum Gasteiger partial charge on any atom is 0.416 e. The first-order chi connectivity index (χ1) is 10.3. The van der Waals surface area contributed by atoms with Crippen molar-refractivity contribution in [1.82, 2.24) is 15.1 Å². The Bertz CT molecular complexity index is 657. The van der Waals surface area contributed by atoms with E-state index in [1.165, 1.54) is 12.1 Å². The summed E-state index contributed by atoms with van der Waals surface area (Å²) in [6, 6.07) is 3.87. The first-order valence-electron chi connectivity index (χ1n) is 6.24. The minimum Gasteiger partial charge on any atom is -0.336 e. The molecule has 0 fully saturated rings. The van der Waals surface area contributed by atoms with Crippen LogP contribution in [-0.2, 0) is 12.7 Å². The number of halogens is 4. The smallest absolute Gasteiger partial charge is 0.336 e. The van der Waals surface area contributed by atoms with Gasteiger partial charge in [-0.05, 0) is 34.1 Å². The molecule has 22 heavy (non-hydrogen) atoms. The Morgan fingerprint density at radius 3 is 2.77 bits per heavy atom. The van der Waals surface area contributed by atoms with Crippen molar-refractivity contribution in [2.75, 3.05) is 11.9 Å². The van der Waals surface area contributed by atoms with Gasteiger partial charge in [-0.1, -0.05) is 6.07 Å².